The van der Waals surface area contributed by atoms with Crippen LogP contribution in [0.15, 0.2) is 42.5 Å². The molecule has 0 aromatic heterocycles. The Morgan fingerprint density at radius 2 is 1.78 bits per heavy atom. The SMILES string of the molecule is CNC(c1ccc(Cl)c(Cl)c1)c1ccccc1F. The Bertz CT molecular complexity index is 557. The first-order valence-corrected chi connectivity index (χ1v) is 6.25. The van der Waals surface area contributed by atoms with E-state index in [0.717, 1.165) is 5.56 Å². The number of hydrogen-bond acceptors (Lipinski definition) is 1. The fourth-order valence-electron chi connectivity index (χ4n) is 1.90. The van der Waals surface area contributed by atoms with E-state index in [2.05, 4.69) is 5.32 Å². The van der Waals surface area contributed by atoms with Gasteiger partial charge in [-0.2, -0.15) is 0 Å². The van der Waals surface area contributed by atoms with Crippen LogP contribution in [-0.2, 0) is 0 Å². The van der Waals surface area contributed by atoms with Gasteiger partial charge in [0.2, 0.25) is 0 Å². The summed E-state index contributed by atoms with van der Waals surface area (Å²) in [4.78, 5) is 0. The van der Waals surface area contributed by atoms with E-state index in [-0.39, 0.29) is 11.9 Å². The maximum atomic E-state index is 13.8. The molecule has 0 saturated carbocycles. The minimum Gasteiger partial charge on any atom is -0.309 e. The Kier molecular flexibility index (Phi) is 4.23. The molecule has 0 aliphatic heterocycles. The van der Waals surface area contributed by atoms with Gasteiger partial charge in [0.25, 0.3) is 0 Å². The standard InChI is InChI=1S/C14H12Cl2FN/c1-18-14(10-4-2-3-5-13(10)17)9-6-7-11(15)12(16)8-9/h2-8,14,18H,1H3. The number of rotatable bonds is 3. The Balaban J connectivity index is 2.45. The third kappa shape index (κ3) is 2.66. The quantitative estimate of drug-likeness (QED) is 0.878. The molecule has 0 saturated heterocycles. The van der Waals surface area contributed by atoms with Crippen molar-refractivity contribution in [3.63, 3.8) is 0 Å². The lowest BCUT2D eigenvalue weighted by Gasteiger charge is -2.18. The number of hydrogen-bond donors (Lipinski definition) is 1. The second-order valence-corrected chi connectivity index (χ2v) is 4.73. The minimum absolute atomic E-state index is 0.247. The molecule has 0 radical (unpaired) electrons. The molecule has 94 valence electrons. The van der Waals surface area contributed by atoms with E-state index < -0.39 is 0 Å². The normalized spacial score (nSPS) is 12.4. The monoisotopic (exact) mass is 283 g/mol. The van der Waals surface area contributed by atoms with Crippen molar-refractivity contribution >= 4 is 23.2 Å². The second-order valence-electron chi connectivity index (χ2n) is 3.92. The van der Waals surface area contributed by atoms with Gasteiger partial charge in [-0.15, -0.1) is 0 Å². The summed E-state index contributed by atoms with van der Waals surface area (Å²) in [5.41, 5.74) is 1.45. The van der Waals surface area contributed by atoms with Gasteiger partial charge in [0.1, 0.15) is 5.82 Å². The van der Waals surface area contributed by atoms with Gasteiger partial charge >= 0.3 is 0 Å². The average Bonchev–Trinajstić information content (AvgIpc) is 2.37. The molecule has 0 aliphatic rings. The Hall–Kier alpha value is -1.09. The summed E-state index contributed by atoms with van der Waals surface area (Å²) < 4.78 is 13.8. The summed E-state index contributed by atoms with van der Waals surface area (Å²) in [5.74, 6) is -0.247. The highest BCUT2D eigenvalue weighted by molar-refractivity contribution is 6.42. The van der Waals surface area contributed by atoms with Gasteiger partial charge in [-0.25, -0.2) is 4.39 Å². The summed E-state index contributed by atoms with van der Waals surface area (Å²) >= 11 is 11.9. The molecule has 2 aromatic carbocycles. The highest BCUT2D eigenvalue weighted by Gasteiger charge is 2.16. The molecule has 0 spiro atoms. The fourth-order valence-corrected chi connectivity index (χ4v) is 2.21. The van der Waals surface area contributed by atoms with Crippen molar-refractivity contribution in [2.24, 2.45) is 0 Å². The van der Waals surface area contributed by atoms with Gasteiger partial charge in [-0.05, 0) is 30.8 Å². The lowest BCUT2D eigenvalue weighted by atomic mass is 9.98. The van der Waals surface area contributed by atoms with Crippen LogP contribution in [-0.4, -0.2) is 7.05 Å². The molecule has 18 heavy (non-hydrogen) atoms. The predicted molar refractivity (Wildman–Crippen MR) is 73.8 cm³/mol. The van der Waals surface area contributed by atoms with Crippen LogP contribution in [0.5, 0.6) is 0 Å². The average molecular weight is 284 g/mol. The van der Waals surface area contributed by atoms with E-state index in [0.29, 0.717) is 15.6 Å². The summed E-state index contributed by atoms with van der Waals surface area (Å²) in [7, 11) is 1.78. The van der Waals surface area contributed by atoms with Crippen molar-refractivity contribution in [1.29, 1.82) is 0 Å². The molecule has 1 unspecified atom stereocenters. The first-order valence-electron chi connectivity index (χ1n) is 5.50. The van der Waals surface area contributed by atoms with Crippen LogP contribution < -0.4 is 5.32 Å². The molecule has 1 atom stereocenters. The summed E-state index contributed by atoms with van der Waals surface area (Å²) in [6.07, 6.45) is 0. The van der Waals surface area contributed by atoms with Crippen LogP contribution in [0.25, 0.3) is 0 Å². The van der Waals surface area contributed by atoms with E-state index in [9.17, 15) is 4.39 Å². The molecule has 2 rings (SSSR count). The molecule has 4 heteroatoms. The lowest BCUT2D eigenvalue weighted by Crippen LogP contribution is -2.18. The predicted octanol–water partition coefficient (Wildman–Crippen LogP) is 4.44. The number of benzene rings is 2. The molecule has 2 aromatic rings. The van der Waals surface area contributed by atoms with Gasteiger partial charge in [0.05, 0.1) is 16.1 Å². The van der Waals surface area contributed by atoms with Gasteiger partial charge < -0.3 is 5.32 Å². The van der Waals surface area contributed by atoms with Crippen LogP contribution in [0.1, 0.15) is 17.2 Å². The van der Waals surface area contributed by atoms with Gasteiger partial charge in [-0.1, -0.05) is 47.5 Å². The zero-order chi connectivity index (χ0) is 13.1. The minimum atomic E-state index is -0.249. The van der Waals surface area contributed by atoms with Gasteiger partial charge in [0, 0.05) is 5.56 Å². The Morgan fingerprint density at radius 3 is 2.39 bits per heavy atom. The summed E-state index contributed by atoms with van der Waals surface area (Å²) in [6, 6.07) is 11.7. The topological polar surface area (TPSA) is 12.0 Å². The Morgan fingerprint density at radius 1 is 1.06 bits per heavy atom. The number of halogens is 3. The fraction of sp³-hybridized carbons (Fsp3) is 0.143. The van der Waals surface area contributed by atoms with Crippen molar-refractivity contribution in [3.05, 3.63) is 69.5 Å². The lowest BCUT2D eigenvalue weighted by molar-refractivity contribution is 0.576. The van der Waals surface area contributed by atoms with Crippen LogP contribution in [0.2, 0.25) is 10.0 Å². The molecule has 0 heterocycles. The molecule has 1 N–H and O–H groups in total. The maximum Gasteiger partial charge on any atom is 0.128 e. The highest BCUT2D eigenvalue weighted by Crippen LogP contribution is 2.29. The molecular formula is C14H12Cl2FN. The smallest absolute Gasteiger partial charge is 0.128 e. The molecule has 0 aliphatic carbocycles. The first kappa shape index (κ1) is 13.3. The zero-order valence-corrected chi connectivity index (χ0v) is 11.3. The van der Waals surface area contributed by atoms with Crippen molar-refractivity contribution in [2.45, 2.75) is 6.04 Å². The highest BCUT2D eigenvalue weighted by atomic mass is 35.5. The van der Waals surface area contributed by atoms with Crippen molar-refractivity contribution in [1.82, 2.24) is 5.32 Å². The third-order valence-corrected chi connectivity index (χ3v) is 3.52. The van der Waals surface area contributed by atoms with E-state index in [1.807, 2.05) is 6.07 Å². The molecular weight excluding hydrogens is 272 g/mol. The van der Waals surface area contributed by atoms with Crippen molar-refractivity contribution in [3.8, 4) is 0 Å². The summed E-state index contributed by atoms with van der Waals surface area (Å²) in [5, 5.41) is 4.03. The van der Waals surface area contributed by atoms with Crippen LogP contribution in [0.4, 0.5) is 4.39 Å². The molecule has 1 nitrogen and oxygen atoms in total. The largest absolute Gasteiger partial charge is 0.309 e. The molecule has 0 fully saturated rings. The van der Waals surface area contributed by atoms with E-state index in [1.54, 1.807) is 37.4 Å². The molecule has 0 bridgehead atoms. The first-order chi connectivity index (χ1) is 8.63. The van der Waals surface area contributed by atoms with Crippen LogP contribution >= 0.6 is 23.2 Å². The third-order valence-electron chi connectivity index (χ3n) is 2.78. The van der Waals surface area contributed by atoms with Crippen LogP contribution in [0.3, 0.4) is 0 Å². The molecule has 0 amide bonds. The van der Waals surface area contributed by atoms with Gasteiger partial charge in [0.15, 0.2) is 0 Å². The van der Waals surface area contributed by atoms with E-state index in [1.165, 1.54) is 6.07 Å². The summed E-state index contributed by atoms with van der Waals surface area (Å²) in [6.45, 7) is 0. The number of nitrogens with one attached hydrogen (secondary N) is 1. The zero-order valence-electron chi connectivity index (χ0n) is 9.75. The second kappa shape index (κ2) is 5.70. The maximum absolute atomic E-state index is 13.8. The van der Waals surface area contributed by atoms with Gasteiger partial charge in [-0.3, -0.25) is 0 Å². The van der Waals surface area contributed by atoms with Crippen LogP contribution in [0, 0.1) is 5.82 Å². The van der Waals surface area contributed by atoms with Crippen molar-refractivity contribution < 1.29 is 4.39 Å². The van der Waals surface area contributed by atoms with E-state index >= 15 is 0 Å². The Labute approximate surface area is 116 Å². The van der Waals surface area contributed by atoms with E-state index in [4.69, 9.17) is 23.2 Å². The van der Waals surface area contributed by atoms with Crippen molar-refractivity contribution in [2.75, 3.05) is 7.05 Å².